The first-order valence-corrected chi connectivity index (χ1v) is 9.15. The zero-order chi connectivity index (χ0) is 18.4. The fourth-order valence-electron chi connectivity index (χ4n) is 3.23. The number of β-amino-alcohol motifs (C(OH)–C–C–N with tert-alkyl or cyclic N) is 1. The molecule has 1 saturated heterocycles. The maximum absolute atomic E-state index is 11.8. The Balaban J connectivity index is 1.78. The van der Waals surface area contributed by atoms with Gasteiger partial charge in [-0.1, -0.05) is 32.9 Å². The average Bonchev–Trinajstić information content (AvgIpc) is 2.59. The molecule has 5 heteroatoms. The summed E-state index contributed by atoms with van der Waals surface area (Å²) in [6.45, 7) is 8.96. The molecule has 0 aliphatic carbocycles. The lowest BCUT2D eigenvalue weighted by atomic mass is 9.87. The normalized spacial score (nSPS) is 20.1. The summed E-state index contributed by atoms with van der Waals surface area (Å²) in [5.41, 5.74) is 1.38. The van der Waals surface area contributed by atoms with E-state index >= 15 is 0 Å². The molecule has 140 valence electrons. The monoisotopic (exact) mass is 348 g/mol. The summed E-state index contributed by atoms with van der Waals surface area (Å²) in [6, 6.07) is 8.05. The van der Waals surface area contributed by atoms with E-state index in [0.717, 1.165) is 25.1 Å². The first kappa shape index (κ1) is 19.7. The largest absolute Gasteiger partial charge is 0.491 e. The van der Waals surface area contributed by atoms with E-state index in [0.29, 0.717) is 13.1 Å². The number of aliphatic hydroxyl groups excluding tert-OH is 1. The summed E-state index contributed by atoms with van der Waals surface area (Å²) in [7, 11) is 1.68. The minimum absolute atomic E-state index is 0.0248. The van der Waals surface area contributed by atoms with Crippen molar-refractivity contribution < 1.29 is 14.6 Å². The first-order valence-electron chi connectivity index (χ1n) is 9.15. The highest BCUT2D eigenvalue weighted by atomic mass is 16.5. The minimum Gasteiger partial charge on any atom is -0.491 e. The van der Waals surface area contributed by atoms with Gasteiger partial charge in [-0.25, -0.2) is 0 Å². The van der Waals surface area contributed by atoms with Crippen LogP contribution in [0.25, 0.3) is 0 Å². The van der Waals surface area contributed by atoms with Crippen molar-refractivity contribution in [3.63, 3.8) is 0 Å². The summed E-state index contributed by atoms with van der Waals surface area (Å²) in [5.74, 6) is 0.889. The lowest BCUT2D eigenvalue weighted by Crippen LogP contribution is -2.45. The number of nitrogens with one attached hydrogen (secondary N) is 1. The van der Waals surface area contributed by atoms with Crippen molar-refractivity contribution >= 4 is 5.91 Å². The molecule has 1 aromatic rings. The third kappa shape index (κ3) is 6.01. The van der Waals surface area contributed by atoms with Gasteiger partial charge in [0.2, 0.25) is 5.91 Å². The molecule has 1 heterocycles. The Morgan fingerprint density at radius 1 is 1.36 bits per heavy atom. The lowest BCUT2D eigenvalue weighted by Gasteiger charge is -2.32. The molecule has 0 radical (unpaired) electrons. The van der Waals surface area contributed by atoms with Crippen molar-refractivity contribution in [1.82, 2.24) is 10.2 Å². The number of nitrogens with zero attached hydrogens (tertiary/aromatic N) is 1. The lowest BCUT2D eigenvalue weighted by molar-refractivity contribution is -0.126. The second kappa shape index (κ2) is 8.68. The van der Waals surface area contributed by atoms with Gasteiger partial charge >= 0.3 is 0 Å². The number of aliphatic hydroxyl groups is 1. The van der Waals surface area contributed by atoms with Gasteiger partial charge in [-0.15, -0.1) is 0 Å². The number of ether oxygens (including phenoxy) is 1. The summed E-state index contributed by atoms with van der Waals surface area (Å²) in [4.78, 5) is 13.9. The van der Waals surface area contributed by atoms with Gasteiger partial charge < -0.3 is 15.2 Å². The fourth-order valence-corrected chi connectivity index (χ4v) is 3.23. The number of amides is 1. The van der Waals surface area contributed by atoms with Crippen LogP contribution in [0.15, 0.2) is 24.3 Å². The quantitative estimate of drug-likeness (QED) is 0.827. The molecule has 0 bridgehead atoms. The molecule has 2 unspecified atom stereocenters. The van der Waals surface area contributed by atoms with E-state index in [1.807, 2.05) is 12.1 Å². The predicted molar refractivity (Wildman–Crippen MR) is 99.9 cm³/mol. The maximum Gasteiger partial charge on any atom is 0.224 e. The van der Waals surface area contributed by atoms with Crippen LogP contribution in [0.3, 0.4) is 0 Å². The van der Waals surface area contributed by atoms with Crippen LogP contribution in [0, 0.1) is 5.92 Å². The molecule has 1 aliphatic rings. The van der Waals surface area contributed by atoms with Crippen LogP contribution >= 0.6 is 0 Å². The van der Waals surface area contributed by atoms with Crippen LogP contribution in [0.2, 0.25) is 0 Å². The van der Waals surface area contributed by atoms with E-state index in [1.54, 1.807) is 7.05 Å². The van der Waals surface area contributed by atoms with Crippen LogP contribution in [0.5, 0.6) is 5.75 Å². The van der Waals surface area contributed by atoms with E-state index in [2.05, 4.69) is 43.1 Å². The Hall–Kier alpha value is -1.59. The number of rotatable bonds is 6. The number of benzene rings is 1. The van der Waals surface area contributed by atoms with Crippen LogP contribution in [0.1, 0.15) is 39.2 Å². The Bertz CT molecular complexity index is 551. The maximum atomic E-state index is 11.8. The van der Waals surface area contributed by atoms with E-state index in [1.165, 1.54) is 5.56 Å². The molecule has 1 aliphatic heterocycles. The molecule has 25 heavy (non-hydrogen) atoms. The molecule has 2 rings (SSSR count). The van der Waals surface area contributed by atoms with E-state index in [4.69, 9.17) is 4.74 Å². The second-order valence-electron chi connectivity index (χ2n) is 7.95. The molecule has 1 fully saturated rings. The highest BCUT2D eigenvalue weighted by molar-refractivity contribution is 5.78. The van der Waals surface area contributed by atoms with Gasteiger partial charge in [0.15, 0.2) is 0 Å². The molecule has 5 nitrogen and oxygen atoms in total. The van der Waals surface area contributed by atoms with Crippen molar-refractivity contribution in [3.05, 3.63) is 29.8 Å². The minimum atomic E-state index is -0.564. The zero-order valence-corrected chi connectivity index (χ0v) is 15.9. The number of likely N-dealkylation sites (tertiary alicyclic amines) is 1. The standard InChI is InChI=1S/C20H32N2O3/c1-20(2,3)16-7-9-18(10-8-16)25-14-17(23)13-22-11-5-6-15(12-22)19(24)21-4/h7-10,15,17,23H,5-6,11-14H2,1-4H3,(H,21,24). The Labute approximate surface area is 151 Å². The van der Waals surface area contributed by atoms with Crippen molar-refractivity contribution in [2.45, 2.75) is 45.1 Å². The topological polar surface area (TPSA) is 61.8 Å². The van der Waals surface area contributed by atoms with Crippen LogP contribution < -0.4 is 10.1 Å². The molecule has 0 saturated carbocycles. The number of hydrogen-bond acceptors (Lipinski definition) is 4. The van der Waals surface area contributed by atoms with Gasteiger partial charge in [0, 0.05) is 20.1 Å². The summed E-state index contributed by atoms with van der Waals surface area (Å²) >= 11 is 0. The summed E-state index contributed by atoms with van der Waals surface area (Å²) < 4.78 is 5.72. The van der Waals surface area contributed by atoms with Gasteiger partial charge in [0.1, 0.15) is 18.5 Å². The summed E-state index contributed by atoms with van der Waals surface area (Å²) in [5, 5.41) is 13.0. The highest BCUT2D eigenvalue weighted by Crippen LogP contribution is 2.24. The van der Waals surface area contributed by atoms with Crippen LogP contribution in [-0.2, 0) is 10.2 Å². The van der Waals surface area contributed by atoms with E-state index in [9.17, 15) is 9.90 Å². The van der Waals surface area contributed by atoms with Gasteiger partial charge in [-0.2, -0.15) is 0 Å². The molecule has 2 N–H and O–H groups in total. The fraction of sp³-hybridized carbons (Fsp3) is 0.650. The van der Waals surface area contributed by atoms with Crippen molar-refractivity contribution in [2.24, 2.45) is 5.92 Å². The van der Waals surface area contributed by atoms with E-state index in [-0.39, 0.29) is 23.8 Å². The van der Waals surface area contributed by atoms with Gasteiger partial charge in [0.25, 0.3) is 0 Å². The van der Waals surface area contributed by atoms with Crippen LogP contribution in [0.4, 0.5) is 0 Å². The molecular weight excluding hydrogens is 316 g/mol. The third-order valence-electron chi connectivity index (χ3n) is 4.75. The Morgan fingerprint density at radius 2 is 2.04 bits per heavy atom. The highest BCUT2D eigenvalue weighted by Gasteiger charge is 2.26. The average molecular weight is 348 g/mol. The Morgan fingerprint density at radius 3 is 2.64 bits per heavy atom. The SMILES string of the molecule is CNC(=O)C1CCCN(CC(O)COc2ccc(C(C)(C)C)cc2)C1. The molecule has 2 atom stereocenters. The third-order valence-corrected chi connectivity index (χ3v) is 4.75. The molecular formula is C20H32N2O3. The van der Waals surface area contributed by atoms with Gasteiger partial charge in [0.05, 0.1) is 5.92 Å². The molecule has 1 amide bonds. The second-order valence-corrected chi connectivity index (χ2v) is 7.95. The smallest absolute Gasteiger partial charge is 0.224 e. The number of piperidine rings is 1. The van der Waals surface area contributed by atoms with Crippen molar-refractivity contribution in [3.8, 4) is 5.75 Å². The predicted octanol–water partition coefficient (Wildman–Crippen LogP) is 2.18. The Kier molecular flexibility index (Phi) is 6.85. The van der Waals surface area contributed by atoms with Crippen LogP contribution in [-0.4, -0.2) is 55.3 Å². The number of carbonyl (C=O) groups excluding carboxylic acids is 1. The molecule has 0 spiro atoms. The van der Waals surface area contributed by atoms with Crippen molar-refractivity contribution in [2.75, 3.05) is 33.3 Å². The number of hydrogen-bond donors (Lipinski definition) is 2. The first-order chi connectivity index (χ1) is 11.8. The van der Waals surface area contributed by atoms with Crippen molar-refractivity contribution in [1.29, 1.82) is 0 Å². The number of carbonyl (C=O) groups is 1. The van der Waals surface area contributed by atoms with Gasteiger partial charge in [-0.3, -0.25) is 9.69 Å². The van der Waals surface area contributed by atoms with E-state index < -0.39 is 6.10 Å². The van der Waals surface area contributed by atoms with Gasteiger partial charge in [-0.05, 0) is 42.5 Å². The zero-order valence-electron chi connectivity index (χ0n) is 15.9. The molecule has 1 aromatic carbocycles. The summed E-state index contributed by atoms with van der Waals surface area (Å²) in [6.07, 6.45) is 1.34. The molecule has 0 aromatic heterocycles.